The Hall–Kier alpha value is -1.69. The third-order valence-corrected chi connectivity index (χ3v) is 3.95. The predicted molar refractivity (Wildman–Crippen MR) is 81.3 cm³/mol. The molecule has 0 fully saturated rings. The van der Waals surface area contributed by atoms with Gasteiger partial charge in [-0.2, -0.15) is 5.10 Å². The summed E-state index contributed by atoms with van der Waals surface area (Å²) in [6, 6.07) is 8.94. The molecule has 1 aromatic heterocycles. The number of nitrogens with one attached hydrogen (secondary N) is 1. The molecule has 2 aromatic rings. The first-order valence-corrected chi connectivity index (χ1v) is 7.37. The Bertz CT molecular complexity index is 620. The Balaban J connectivity index is 1.78. The highest BCUT2D eigenvalue weighted by molar-refractivity contribution is 5.35. The quantitative estimate of drug-likeness (QED) is 0.653. The van der Waals surface area contributed by atoms with Crippen molar-refractivity contribution in [2.75, 3.05) is 0 Å². The Kier molecular flexibility index (Phi) is 4.05. The summed E-state index contributed by atoms with van der Waals surface area (Å²) in [5.74, 6) is 5.75. The second kappa shape index (κ2) is 5.97. The molecule has 0 saturated carbocycles. The van der Waals surface area contributed by atoms with Crippen molar-refractivity contribution in [1.82, 2.24) is 15.2 Å². The van der Waals surface area contributed by atoms with Gasteiger partial charge < -0.3 is 4.74 Å². The topological polar surface area (TPSA) is 65.1 Å². The van der Waals surface area contributed by atoms with E-state index in [9.17, 15) is 0 Å². The van der Waals surface area contributed by atoms with E-state index in [2.05, 4.69) is 48.6 Å². The number of ether oxygens (including phenoxy) is 1. The van der Waals surface area contributed by atoms with Gasteiger partial charge in [-0.1, -0.05) is 18.2 Å². The Morgan fingerprint density at radius 3 is 2.81 bits per heavy atom. The molecular formula is C16H22N4O. The third-order valence-electron chi connectivity index (χ3n) is 3.95. The lowest BCUT2D eigenvalue weighted by Crippen LogP contribution is -2.29. The second-order valence-corrected chi connectivity index (χ2v) is 5.83. The summed E-state index contributed by atoms with van der Waals surface area (Å²) in [6.07, 6.45) is 2.79. The van der Waals surface area contributed by atoms with E-state index in [4.69, 9.17) is 10.6 Å². The first-order chi connectivity index (χ1) is 10.2. The predicted octanol–water partition coefficient (Wildman–Crippen LogP) is 2.24. The summed E-state index contributed by atoms with van der Waals surface area (Å²) in [6.45, 7) is 5.66. The van der Waals surface area contributed by atoms with Crippen molar-refractivity contribution in [2.24, 2.45) is 5.84 Å². The van der Waals surface area contributed by atoms with Crippen LogP contribution in [-0.2, 0) is 24.4 Å². The van der Waals surface area contributed by atoms with Gasteiger partial charge in [0.05, 0.1) is 24.9 Å². The number of benzene rings is 1. The van der Waals surface area contributed by atoms with Crippen molar-refractivity contribution < 1.29 is 4.74 Å². The zero-order valence-electron chi connectivity index (χ0n) is 12.5. The first kappa shape index (κ1) is 14.3. The van der Waals surface area contributed by atoms with Crippen molar-refractivity contribution in [3.63, 3.8) is 0 Å². The van der Waals surface area contributed by atoms with E-state index in [0.717, 1.165) is 18.7 Å². The minimum Gasteiger partial charge on any atom is -0.372 e. The van der Waals surface area contributed by atoms with Crippen LogP contribution < -0.4 is 11.3 Å². The average molecular weight is 286 g/mol. The van der Waals surface area contributed by atoms with Crippen molar-refractivity contribution in [2.45, 2.75) is 45.6 Å². The highest BCUT2D eigenvalue weighted by Crippen LogP contribution is 2.25. The number of fused-ring (bicyclic) bond motifs is 1. The summed E-state index contributed by atoms with van der Waals surface area (Å²) < 4.78 is 7.44. The summed E-state index contributed by atoms with van der Waals surface area (Å²) in [4.78, 5) is 0. The van der Waals surface area contributed by atoms with Gasteiger partial charge in [0.15, 0.2) is 0 Å². The molecule has 0 amide bonds. The monoisotopic (exact) mass is 286 g/mol. The number of hydrazine groups is 1. The SMILES string of the molecule is CC(C)n1ccc(CC(NN)c2ccc3c(c2)COC3)n1. The normalized spacial score (nSPS) is 15.4. The van der Waals surface area contributed by atoms with Gasteiger partial charge in [0, 0.05) is 18.7 Å². The van der Waals surface area contributed by atoms with Crippen LogP contribution in [0.25, 0.3) is 0 Å². The van der Waals surface area contributed by atoms with Gasteiger partial charge in [0.2, 0.25) is 0 Å². The summed E-state index contributed by atoms with van der Waals surface area (Å²) in [5, 5.41) is 4.59. The standard InChI is InChI=1S/C16H22N4O/c1-11(2)20-6-5-15(19-20)8-16(18-17)12-3-4-13-9-21-10-14(13)7-12/h3-7,11,16,18H,8-10,17H2,1-2H3. The summed E-state index contributed by atoms with van der Waals surface area (Å²) in [7, 11) is 0. The molecule has 0 aliphatic carbocycles. The minimum atomic E-state index is 0.0615. The lowest BCUT2D eigenvalue weighted by atomic mass is 9.98. The number of nitrogens with two attached hydrogens (primary N) is 1. The summed E-state index contributed by atoms with van der Waals surface area (Å²) >= 11 is 0. The van der Waals surface area contributed by atoms with Crippen molar-refractivity contribution in [1.29, 1.82) is 0 Å². The molecule has 1 aromatic carbocycles. The van der Waals surface area contributed by atoms with Crippen molar-refractivity contribution in [3.8, 4) is 0 Å². The number of aromatic nitrogens is 2. The molecule has 0 saturated heterocycles. The van der Waals surface area contributed by atoms with E-state index in [1.54, 1.807) is 0 Å². The highest BCUT2D eigenvalue weighted by atomic mass is 16.5. The van der Waals surface area contributed by atoms with Gasteiger partial charge in [-0.25, -0.2) is 0 Å². The molecule has 5 nitrogen and oxygen atoms in total. The van der Waals surface area contributed by atoms with Gasteiger partial charge in [-0.15, -0.1) is 0 Å². The van der Waals surface area contributed by atoms with E-state index in [1.165, 1.54) is 16.7 Å². The minimum absolute atomic E-state index is 0.0615. The van der Waals surface area contributed by atoms with Crippen LogP contribution in [0.1, 0.15) is 48.3 Å². The molecule has 1 unspecified atom stereocenters. The molecule has 3 rings (SSSR count). The van der Waals surface area contributed by atoms with Crippen LogP contribution in [0.2, 0.25) is 0 Å². The maximum Gasteiger partial charge on any atom is 0.0725 e. The van der Waals surface area contributed by atoms with Gasteiger partial charge in [-0.3, -0.25) is 16.0 Å². The van der Waals surface area contributed by atoms with E-state index in [0.29, 0.717) is 12.6 Å². The average Bonchev–Trinajstić information content (AvgIpc) is 3.12. The molecular weight excluding hydrogens is 264 g/mol. The zero-order valence-corrected chi connectivity index (χ0v) is 12.5. The Labute approximate surface area is 125 Å². The first-order valence-electron chi connectivity index (χ1n) is 7.37. The summed E-state index contributed by atoms with van der Waals surface area (Å²) in [5.41, 5.74) is 7.67. The molecule has 1 atom stereocenters. The lowest BCUT2D eigenvalue weighted by Gasteiger charge is -2.16. The van der Waals surface area contributed by atoms with E-state index >= 15 is 0 Å². The zero-order chi connectivity index (χ0) is 14.8. The Morgan fingerprint density at radius 2 is 2.10 bits per heavy atom. The fourth-order valence-corrected chi connectivity index (χ4v) is 2.66. The van der Waals surface area contributed by atoms with E-state index in [1.807, 2.05) is 10.9 Å². The molecule has 112 valence electrons. The maximum absolute atomic E-state index is 5.75. The van der Waals surface area contributed by atoms with Crippen LogP contribution in [0.5, 0.6) is 0 Å². The molecule has 3 N–H and O–H groups in total. The van der Waals surface area contributed by atoms with Gasteiger partial charge in [0.1, 0.15) is 0 Å². The van der Waals surface area contributed by atoms with E-state index in [-0.39, 0.29) is 6.04 Å². The van der Waals surface area contributed by atoms with Crippen molar-refractivity contribution in [3.05, 3.63) is 52.8 Å². The molecule has 0 spiro atoms. The fraction of sp³-hybridized carbons (Fsp3) is 0.438. The van der Waals surface area contributed by atoms with Gasteiger partial charge >= 0.3 is 0 Å². The Morgan fingerprint density at radius 1 is 1.29 bits per heavy atom. The van der Waals surface area contributed by atoms with Crippen LogP contribution in [0, 0.1) is 0 Å². The second-order valence-electron chi connectivity index (χ2n) is 5.83. The fourth-order valence-electron chi connectivity index (χ4n) is 2.66. The van der Waals surface area contributed by atoms with Crippen LogP contribution in [0.3, 0.4) is 0 Å². The third kappa shape index (κ3) is 3.00. The van der Waals surface area contributed by atoms with Crippen LogP contribution >= 0.6 is 0 Å². The van der Waals surface area contributed by atoms with Crippen molar-refractivity contribution >= 4 is 0 Å². The molecule has 21 heavy (non-hydrogen) atoms. The number of rotatable bonds is 5. The molecule has 1 aliphatic heterocycles. The molecule has 0 radical (unpaired) electrons. The highest BCUT2D eigenvalue weighted by Gasteiger charge is 2.17. The van der Waals surface area contributed by atoms with Crippen LogP contribution in [-0.4, -0.2) is 9.78 Å². The van der Waals surface area contributed by atoms with Crippen LogP contribution in [0.4, 0.5) is 0 Å². The van der Waals surface area contributed by atoms with E-state index < -0.39 is 0 Å². The largest absolute Gasteiger partial charge is 0.372 e. The molecule has 2 heterocycles. The number of hydrogen-bond acceptors (Lipinski definition) is 4. The molecule has 5 heteroatoms. The lowest BCUT2D eigenvalue weighted by molar-refractivity contribution is 0.134. The molecule has 0 bridgehead atoms. The van der Waals surface area contributed by atoms with Gasteiger partial charge in [0.25, 0.3) is 0 Å². The number of nitrogens with zero attached hydrogens (tertiary/aromatic N) is 2. The number of hydrogen-bond donors (Lipinski definition) is 2. The van der Waals surface area contributed by atoms with Crippen LogP contribution in [0.15, 0.2) is 30.5 Å². The van der Waals surface area contributed by atoms with Gasteiger partial charge in [-0.05, 0) is 36.6 Å². The molecule has 1 aliphatic rings. The maximum atomic E-state index is 5.75. The smallest absolute Gasteiger partial charge is 0.0725 e.